The molecule has 70 valence electrons. The maximum absolute atomic E-state index is 11.3. The second kappa shape index (κ2) is 3.31. The molecule has 0 saturated carbocycles. The minimum absolute atomic E-state index is 0.103. The maximum Gasteiger partial charge on any atom is 0.334 e. The molecule has 2 rings (SSSR count). The quantitative estimate of drug-likeness (QED) is 0.547. The van der Waals surface area contributed by atoms with Gasteiger partial charge in [-0.05, 0) is 17.6 Å². The van der Waals surface area contributed by atoms with Gasteiger partial charge in [-0.3, -0.25) is 5.01 Å². The van der Waals surface area contributed by atoms with E-state index in [9.17, 15) is 4.79 Å². The molecule has 1 aromatic rings. The lowest BCUT2D eigenvalue weighted by Gasteiger charge is -2.13. The summed E-state index contributed by atoms with van der Waals surface area (Å²) in [6.07, 6.45) is 1.74. The molecule has 0 spiro atoms. The zero-order valence-electron chi connectivity index (χ0n) is 7.01. The fourth-order valence-corrected chi connectivity index (χ4v) is 1.85. The van der Waals surface area contributed by atoms with Crippen molar-refractivity contribution in [3.63, 3.8) is 0 Å². The van der Waals surface area contributed by atoms with Gasteiger partial charge in [-0.1, -0.05) is 0 Å². The van der Waals surface area contributed by atoms with E-state index >= 15 is 0 Å². The van der Waals surface area contributed by atoms with Gasteiger partial charge in [-0.25, -0.2) is 15.0 Å². The standard InChI is InChI=1S/C7H10N4OS/c8-11-4-3-10(7(11)12)5-6-1-2-9-13-6/h1-2H,3-5,8H2. The number of nitrogens with zero attached hydrogens (tertiary/aromatic N) is 3. The number of nitrogens with two attached hydrogens (primary N) is 1. The van der Waals surface area contributed by atoms with Crippen molar-refractivity contribution in [2.45, 2.75) is 6.54 Å². The zero-order valence-corrected chi connectivity index (χ0v) is 7.83. The van der Waals surface area contributed by atoms with Crippen molar-refractivity contribution in [3.05, 3.63) is 17.1 Å². The van der Waals surface area contributed by atoms with E-state index in [0.717, 1.165) is 4.88 Å². The lowest BCUT2D eigenvalue weighted by Crippen LogP contribution is -2.36. The third-order valence-corrected chi connectivity index (χ3v) is 2.69. The summed E-state index contributed by atoms with van der Waals surface area (Å²) in [6.45, 7) is 1.93. The molecular formula is C7H10N4OS. The van der Waals surface area contributed by atoms with Crippen molar-refractivity contribution >= 4 is 17.6 Å². The van der Waals surface area contributed by atoms with Crippen LogP contribution in [0.25, 0.3) is 0 Å². The Kier molecular flexibility index (Phi) is 2.15. The van der Waals surface area contributed by atoms with Crippen LogP contribution in [0.4, 0.5) is 4.79 Å². The van der Waals surface area contributed by atoms with Gasteiger partial charge in [0.15, 0.2) is 0 Å². The monoisotopic (exact) mass is 198 g/mol. The minimum atomic E-state index is -0.103. The third kappa shape index (κ3) is 1.63. The highest BCUT2D eigenvalue weighted by atomic mass is 32.1. The highest BCUT2D eigenvalue weighted by Gasteiger charge is 2.25. The molecular weight excluding hydrogens is 188 g/mol. The molecule has 0 aromatic carbocycles. The van der Waals surface area contributed by atoms with E-state index in [-0.39, 0.29) is 6.03 Å². The number of rotatable bonds is 2. The lowest BCUT2D eigenvalue weighted by molar-refractivity contribution is 0.191. The third-order valence-electron chi connectivity index (χ3n) is 1.96. The highest BCUT2D eigenvalue weighted by molar-refractivity contribution is 7.05. The molecule has 1 aliphatic heterocycles. The van der Waals surface area contributed by atoms with Gasteiger partial charge in [0, 0.05) is 17.6 Å². The Morgan fingerprint density at radius 1 is 1.62 bits per heavy atom. The molecule has 2 heterocycles. The molecule has 2 N–H and O–H groups in total. The Balaban J connectivity index is 2.00. The number of amides is 2. The van der Waals surface area contributed by atoms with Crippen molar-refractivity contribution in [1.29, 1.82) is 0 Å². The molecule has 0 unspecified atom stereocenters. The van der Waals surface area contributed by atoms with Crippen LogP contribution in [0.2, 0.25) is 0 Å². The number of carbonyl (C=O) groups excluding carboxylic acids is 1. The van der Waals surface area contributed by atoms with E-state index in [1.807, 2.05) is 6.07 Å². The first-order valence-electron chi connectivity index (χ1n) is 3.98. The van der Waals surface area contributed by atoms with Gasteiger partial charge in [0.2, 0.25) is 0 Å². The molecule has 2 amide bonds. The van der Waals surface area contributed by atoms with E-state index in [1.165, 1.54) is 16.5 Å². The van der Waals surface area contributed by atoms with Crippen LogP contribution < -0.4 is 5.84 Å². The van der Waals surface area contributed by atoms with Crippen LogP contribution in [0.3, 0.4) is 0 Å². The van der Waals surface area contributed by atoms with Crippen LogP contribution in [-0.4, -0.2) is 33.4 Å². The summed E-state index contributed by atoms with van der Waals surface area (Å²) in [4.78, 5) is 14.1. The number of aromatic nitrogens is 1. The molecule has 5 nitrogen and oxygen atoms in total. The van der Waals surface area contributed by atoms with Crippen molar-refractivity contribution in [2.24, 2.45) is 5.84 Å². The Hall–Kier alpha value is -1.14. The van der Waals surface area contributed by atoms with Crippen molar-refractivity contribution in [1.82, 2.24) is 14.3 Å². The largest absolute Gasteiger partial charge is 0.334 e. The number of hydrogen-bond acceptors (Lipinski definition) is 4. The minimum Gasteiger partial charge on any atom is -0.317 e. The molecule has 1 aromatic heterocycles. The molecule has 1 saturated heterocycles. The molecule has 0 bridgehead atoms. The first-order chi connectivity index (χ1) is 6.27. The molecule has 6 heteroatoms. The van der Waals surface area contributed by atoms with E-state index < -0.39 is 0 Å². The summed E-state index contributed by atoms with van der Waals surface area (Å²) >= 11 is 1.41. The van der Waals surface area contributed by atoms with Crippen LogP contribution in [0, 0.1) is 0 Å². The number of urea groups is 1. The summed E-state index contributed by atoms with van der Waals surface area (Å²) < 4.78 is 3.97. The Morgan fingerprint density at radius 3 is 3.00 bits per heavy atom. The van der Waals surface area contributed by atoms with E-state index in [0.29, 0.717) is 19.6 Å². The first kappa shape index (κ1) is 8.46. The maximum atomic E-state index is 11.3. The van der Waals surface area contributed by atoms with Crippen LogP contribution in [0.15, 0.2) is 12.3 Å². The van der Waals surface area contributed by atoms with Gasteiger partial charge >= 0.3 is 6.03 Å². The molecule has 1 aliphatic rings. The summed E-state index contributed by atoms with van der Waals surface area (Å²) in [6, 6.07) is 1.81. The van der Waals surface area contributed by atoms with Crippen LogP contribution in [0.1, 0.15) is 4.88 Å². The van der Waals surface area contributed by atoms with E-state index in [1.54, 1.807) is 11.1 Å². The Labute approximate surface area is 79.9 Å². The van der Waals surface area contributed by atoms with Crippen molar-refractivity contribution < 1.29 is 4.79 Å². The zero-order chi connectivity index (χ0) is 9.26. The number of hydrazine groups is 1. The summed E-state index contributed by atoms with van der Waals surface area (Å²) in [7, 11) is 0. The second-order valence-corrected chi connectivity index (χ2v) is 3.79. The normalized spacial score (nSPS) is 17.2. The molecule has 0 aliphatic carbocycles. The van der Waals surface area contributed by atoms with Crippen LogP contribution in [0.5, 0.6) is 0 Å². The van der Waals surface area contributed by atoms with E-state index in [2.05, 4.69) is 4.37 Å². The Bertz CT molecular complexity index is 299. The van der Waals surface area contributed by atoms with Gasteiger partial charge < -0.3 is 4.90 Å². The molecule has 0 atom stereocenters. The summed E-state index contributed by atoms with van der Waals surface area (Å²) in [5, 5.41) is 1.24. The van der Waals surface area contributed by atoms with E-state index in [4.69, 9.17) is 5.84 Å². The average molecular weight is 198 g/mol. The smallest absolute Gasteiger partial charge is 0.317 e. The van der Waals surface area contributed by atoms with Gasteiger partial charge in [0.25, 0.3) is 0 Å². The topological polar surface area (TPSA) is 62.5 Å². The van der Waals surface area contributed by atoms with Crippen LogP contribution in [-0.2, 0) is 6.54 Å². The molecule has 13 heavy (non-hydrogen) atoms. The fraction of sp³-hybridized carbons (Fsp3) is 0.429. The lowest BCUT2D eigenvalue weighted by atomic mass is 10.4. The summed E-state index contributed by atoms with van der Waals surface area (Å²) in [5.74, 6) is 5.43. The van der Waals surface area contributed by atoms with Gasteiger partial charge in [-0.2, -0.15) is 0 Å². The molecule has 1 fully saturated rings. The predicted octanol–water partition coefficient (Wildman–Crippen LogP) is 0.254. The highest BCUT2D eigenvalue weighted by Crippen LogP contribution is 2.12. The van der Waals surface area contributed by atoms with Gasteiger partial charge in [0.05, 0.1) is 13.1 Å². The van der Waals surface area contributed by atoms with Crippen LogP contribution >= 0.6 is 11.5 Å². The van der Waals surface area contributed by atoms with Gasteiger partial charge in [-0.15, -0.1) is 0 Å². The second-order valence-electron chi connectivity index (χ2n) is 2.88. The predicted molar refractivity (Wildman–Crippen MR) is 48.8 cm³/mol. The molecule has 0 radical (unpaired) electrons. The average Bonchev–Trinajstić information content (AvgIpc) is 2.71. The van der Waals surface area contributed by atoms with Crippen molar-refractivity contribution in [2.75, 3.05) is 13.1 Å². The SMILES string of the molecule is NN1CCN(Cc2ccns2)C1=O. The fourth-order valence-electron chi connectivity index (χ4n) is 1.26. The van der Waals surface area contributed by atoms with Gasteiger partial charge in [0.1, 0.15) is 0 Å². The Morgan fingerprint density at radius 2 is 2.46 bits per heavy atom. The number of hydrogen-bond donors (Lipinski definition) is 1. The van der Waals surface area contributed by atoms with Crippen molar-refractivity contribution in [3.8, 4) is 0 Å². The first-order valence-corrected chi connectivity index (χ1v) is 4.75. The summed E-state index contributed by atoms with van der Waals surface area (Å²) in [5.41, 5.74) is 0. The number of carbonyl (C=O) groups is 1.